The second kappa shape index (κ2) is 7.73. The Balaban J connectivity index is 0.000000359. The first kappa shape index (κ1) is 17.1. The zero-order valence-corrected chi connectivity index (χ0v) is 14.1. The van der Waals surface area contributed by atoms with E-state index in [2.05, 4.69) is 16.7 Å². The number of amides is 1. The zero-order chi connectivity index (χ0) is 13.8. The van der Waals surface area contributed by atoms with Gasteiger partial charge >= 0.3 is 0 Å². The summed E-state index contributed by atoms with van der Waals surface area (Å²) in [5, 5.41) is 3.28. The summed E-state index contributed by atoms with van der Waals surface area (Å²) in [4.78, 5) is 12.6. The first-order valence-electron chi connectivity index (χ1n) is 6.07. The molecule has 1 saturated heterocycles. The number of nitrogens with zero attached hydrogens (tertiary/aromatic N) is 1. The molecule has 1 fully saturated rings. The van der Waals surface area contributed by atoms with Gasteiger partial charge in [-0.25, -0.2) is 11.4 Å². The Kier molecular flexibility index (Phi) is 6.61. The average molecular weight is 346 g/mol. The number of hydrogen-bond acceptors (Lipinski definition) is 3. The van der Waals surface area contributed by atoms with Crippen molar-refractivity contribution in [2.75, 3.05) is 11.9 Å². The summed E-state index contributed by atoms with van der Waals surface area (Å²) in [5.74, 6) is -0.126. The number of carbonyl (C=O) groups excluding carboxylic acids is 1. The van der Waals surface area contributed by atoms with Gasteiger partial charge in [-0.1, -0.05) is 12.1 Å². The van der Waals surface area contributed by atoms with E-state index < -0.39 is 5.91 Å². The van der Waals surface area contributed by atoms with Gasteiger partial charge in [-0.15, -0.1) is 5.92 Å². The second-order valence-electron chi connectivity index (χ2n) is 4.49. The van der Waals surface area contributed by atoms with Crippen LogP contribution in [0.4, 0.5) is 11.4 Å². The van der Waals surface area contributed by atoms with Crippen molar-refractivity contribution in [1.82, 2.24) is 0 Å². The van der Waals surface area contributed by atoms with Crippen LogP contribution in [0.5, 0.6) is 0 Å². The first-order valence-corrected chi connectivity index (χ1v) is 6.07. The molecule has 20 heavy (non-hydrogen) atoms. The summed E-state index contributed by atoms with van der Waals surface area (Å²) >= 11 is 0. The van der Waals surface area contributed by atoms with Crippen LogP contribution in [0.2, 0.25) is 0 Å². The maximum absolute atomic E-state index is 9.11. The molecule has 0 saturated carbocycles. The van der Waals surface area contributed by atoms with E-state index in [1.54, 1.807) is 0 Å². The predicted octanol–water partition coefficient (Wildman–Crippen LogP) is 3.48. The molecule has 0 aliphatic carbocycles. The summed E-state index contributed by atoms with van der Waals surface area (Å²) in [7, 11) is 0. The fourth-order valence-electron chi connectivity index (χ4n) is 2.28. The van der Waals surface area contributed by atoms with Crippen LogP contribution >= 0.6 is 0 Å². The van der Waals surface area contributed by atoms with Crippen molar-refractivity contribution in [3.05, 3.63) is 47.5 Å². The number of rotatable bonds is 0. The van der Waals surface area contributed by atoms with Gasteiger partial charge in [0.25, 0.3) is 0 Å². The third kappa shape index (κ3) is 4.02. The van der Waals surface area contributed by atoms with Crippen LogP contribution in [0.1, 0.15) is 25.0 Å². The van der Waals surface area contributed by atoms with Crippen LogP contribution in [-0.4, -0.2) is 12.5 Å². The molecule has 1 radical (unpaired) electrons. The molecule has 1 aromatic carbocycles. The van der Waals surface area contributed by atoms with E-state index in [4.69, 9.17) is 21.8 Å². The van der Waals surface area contributed by atoms with Gasteiger partial charge in [-0.2, -0.15) is 0 Å². The van der Waals surface area contributed by atoms with Gasteiger partial charge in [0, 0.05) is 50.9 Å². The molecule has 0 bridgehead atoms. The van der Waals surface area contributed by atoms with Gasteiger partial charge in [-0.3, -0.25) is 0 Å². The molecule has 2 atom stereocenters. The van der Waals surface area contributed by atoms with Crippen LogP contribution in [0.15, 0.2) is 18.2 Å². The summed E-state index contributed by atoms with van der Waals surface area (Å²) in [6.07, 6.45) is 1.22. The number of fused-ring (bicyclic) bond motifs is 3. The molecule has 5 nitrogen and oxygen atoms in total. The van der Waals surface area contributed by atoms with Gasteiger partial charge in [0.1, 0.15) is 0 Å². The van der Waals surface area contributed by atoms with Crippen LogP contribution < -0.4 is 5.32 Å². The van der Waals surface area contributed by atoms with Crippen molar-refractivity contribution in [3.8, 4) is 0 Å². The van der Waals surface area contributed by atoms with Crippen molar-refractivity contribution >= 4 is 17.3 Å². The van der Waals surface area contributed by atoms with E-state index in [1.165, 1.54) is 6.92 Å². The van der Waals surface area contributed by atoms with E-state index in [1.807, 2.05) is 18.2 Å². The Bertz CT molecular complexity index is 524. The minimum Gasteiger partial charge on any atom is -0.668 e. The quantitative estimate of drug-likeness (QED) is 0.732. The first-order chi connectivity index (χ1) is 9.11. The number of hydrogen-bond donors (Lipinski definition) is 1. The fraction of sp³-hybridized carbons (Fsp3) is 0.357. The van der Waals surface area contributed by atoms with E-state index in [9.17, 15) is 0 Å². The zero-order valence-electron chi connectivity index (χ0n) is 11.2. The third-order valence-corrected chi connectivity index (χ3v) is 3.06. The van der Waals surface area contributed by atoms with Crippen LogP contribution in [0.25, 0.3) is 10.6 Å². The molecule has 2 heterocycles. The molecule has 103 valence electrons. The normalized spacial score (nSPS) is 21.8. The molecular weight excluding hydrogens is 331 g/mol. The minimum absolute atomic E-state index is 0. The topological polar surface area (TPSA) is 66.5 Å². The molecule has 3 rings (SSSR count). The Hall–Kier alpha value is -0.956. The molecule has 1 aromatic rings. The van der Waals surface area contributed by atoms with Gasteiger partial charge in [0.2, 0.25) is 0 Å². The van der Waals surface area contributed by atoms with Crippen LogP contribution in [0.3, 0.4) is 0 Å². The molecular formula is C14H15N3O2Y-2. The van der Waals surface area contributed by atoms with Gasteiger partial charge in [0.15, 0.2) is 5.69 Å². The van der Waals surface area contributed by atoms with Crippen molar-refractivity contribution in [2.24, 2.45) is 5.92 Å². The van der Waals surface area contributed by atoms with E-state index in [0.29, 0.717) is 11.6 Å². The van der Waals surface area contributed by atoms with E-state index >= 15 is 0 Å². The van der Waals surface area contributed by atoms with Gasteiger partial charge < -0.3 is 20.6 Å². The SMILES string of the molecule is CC([NH-])=O.[C-]#[N+]c1ccc2c(c1)C1OCC[C@H]1[CH-]N2.[Y]. The molecule has 2 N–H and O–H groups in total. The Morgan fingerprint density at radius 1 is 1.60 bits per heavy atom. The smallest absolute Gasteiger partial charge is 0.187 e. The molecule has 1 unspecified atom stereocenters. The monoisotopic (exact) mass is 346 g/mol. The van der Waals surface area contributed by atoms with Gasteiger partial charge in [0.05, 0.1) is 12.7 Å². The van der Waals surface area contributed by atoms with Crippen LogP contribution in [-0.2, 0) is 42.2 Å². The Labute approximate surface area is 143 Å². The number of nitrogens with one attached hydrogen (secondary N) is 2. The summed E-state index contributed by atoms with van der Waals surface area (Å²) < 4.78 is 5.71. The number of benzene rings is 1. The molecule has 2 aliphatic heterocycles. The second-order valence-corrected chi connectivity index (χ2v) is 4.49. The summed E-state index contributed by atoms with van der Waals surface area (Å²) in [5.41, 5.74) is 8.84. The van der Waals surface area contributed by atoms with Crippen LogP contribution in [0, 0.1) is 19.0 Å². The molecule has 0 aromatic heterocycles. The Morgan fingerprint density at radius 2 is 2.30 bits per heavy atom. The van der Waals surface area contributed by atoms with E-state index in [-0.39, 0.29) is 38.8 Å². The molecule has 0 spiro atoms. The maximum Gasteiger partial charge on any atom is 0.187 e. The molecule has 1 amide bonds. The van der Waals surface area contributed by atoms with Crippen molar-refractivity contribution in [2.45, 2.75) is 19.4 Å². The summed E-state index contributed by atoms with van der Waals surface area (Å²) in [6, 6.07) is 5.73. The number of anilines is 1. The molecule has 6 heteroatoms. The van der Waals surface area contributed by atoms with Crippen molar-refractivity contribution in [1.29, 1.82) is 0 Å². The third-order valence-electron chi connectivity index (χ3n) is 3.06. The largest absolute Gasteiger partial charge is 0.668 e. The fourth-order valence-corrected chi connectivity index (χ4v) is 2.28. The average Bonchev–Trinajstić information content (AvgIpc) is 2.86. The number of ether oxygens (including phenoxy) is 1. The van der Waals surface area contributed by atoms with E-state index in [0.717, 1.165) is 24.3 Å². The predicted molar refractivity (Wildman–Crippen MR) is 72.4 cm³/mol. The number of carbonyl (C=O) groups is 1. The minimum atomic E-state index is -0.583. The summed E-state index contributed by atoms with van der Waals surface area (Å²) in [6.45, 7) is 11.1. The molecule has 2 aliphatic rings. The standard InChI is InChI=1S/C12H11N2O.C2H5NO.Y/c1-13-9-2-3-11-10(6-9)12-8(7-14-11)4-5-15-12;1-2(3)4;/h2-3,6-8,12,14H,4-5H2;1H3,(H2,3,4);/q-1;;/p-1/t8-,12?;;/m0../s1. The van der Waals surface area contributed by atoms with Crippen molar-refractivity contribution in [3.63, 3.8) is 0 Å². The maximum atomic E-state index is 9.11. The van der Waals surface area contributed by atoms with Gasteiger partial charge in [-0.05, 0) is 25.0 Å². The Morgan fingerprint density at radius 3 is 2.95 bits per heavy atom. The van der Waals surface area contributed by atoms with Crippen molar-refractivity contribution < 1.29 is 42.2 Å².